The summed E-state index contributed by atoms with van der Waals surface area (Å²) in [7, 11) is 0. The largest absolute Gasteiger partial charge is 0.444 e. The van der Waals surface area contributed by atoms with Gasteiger partial charge in [0.05, 0.1) is 0 Å². The number of ether oxygens (including phenoxy) is 1. The van der Waals surface area contributed by atoms with Crippen molar-refractivity contribution >= 4 is 29.5 Å². The molecule has 0 aliphatic carbocycles. The summed E-state index contributed by atoms with van der Waals surface area (Å²) in [4.78, 5) is 58.4. The highest BCUT2D eigenvalue weighted by atomic mass is 16.6. The molecule has 5 aliphatic heterocycles. The fraction of sp³-hybridized carbons (Fsp3) is 0.714. The zero-order valence-electron chi connectivity index (χ0n) is 27.4. The molecule has 5 aliphatic rings. The number of piperidine rings is 4. The molecule has 1 N–H and O–H groups in total. The molecule has 4 fully saturated rings. The van der Waals surface area contributed by atoms with Crippen molar-refractivity contribution in [1.82, 2.24) is 20.0 Å². The summed E-state index contributed by atoms with van der Waals surface area (Å²) in [6.45, 7) is 13.3. The number of nitrogens with one attached hydrogen (secondary N) is 1. The average Bonchev–Trinajstić information content (AvgIpc) is 3.34. The minimum absolute atomic E-state index is 0.106. The van der Waals surface area contributed by atoms with Crippen molar-refractivity contribution in [2.24, 2.45) is 17.8 Å². The Bertz CT molecular complexity index is 1270. The predicted octanol–water partition coefficient (Wildman–Crippen LogP) is 4.41. The minimum Gasteiger partial charge on any atom is -0.444 e. The molecule has 1 unspecified atom stereocenters. The number of amides is 4. The topological polar surface area (TPSA) is 102 Å². The molecule has 1 aromatic carbocycles. The lowest BCUT2D eigenvalue weighted by Crippen LogP contribution is -2.52. The molecule has 6 rings (SSSR count). The van der Waals surface area contributed by atoms with Crippen molar-refractivity contribution in [2.45, 2.75) is 96.7 Å². The highest BCUT2D eigenvalue weighted by molar-refractivity contribution is 6.06. The van der Waals surface area contributed by atoms with Crippen molar-refractivity contribution in [3.05, 3.63) is 29.3 Å². The van der Waals surface area contributed by atoms with Crippen molar-refractivity contribution < 1.29 is 23.9 Å². The Balaban J connectivity index is 0.926. The highest BCUT2D eigenvalue weighted by Gasteiger charge is 2.40. The Labute approximate surface area is 267 Å². The van der Waals surface area contributed by atoms with E-state index in [1.807, 2.05) is 37.8 Å². The van der Waals surface area contributed by atoms with Gasteiger partial charge in [-0.15, -0.1) is 0 Å². The number of benzene rings is 1. The molecule has 0 saturated carbocycles. The van der Waals surface area contributed by atoms with Gasteiger partial charge in [0.2, 0.25) is 11.8 Å². The van der Waals surface area contributed by atoms with Crippen LogP contribution in [-0.2, 0) is 20.9 Å². The molecule has 1 atom stereocenters. The summed E-state index contributed by atoms with van der Waals surface area (Å²) in [6, 6.07) is 5.37. The summed E-state index contributed by atoms with van der Waals surface area (Å²) < 4.78 is 5.56. The number of hydrogen-bond donors (Lipinski definition) is 1. The molecule has 0 spiro atoms. The second-order valence-electron chi connectivity index (χ2n) is 15.0. The van der Waals surface area contributed by atoms with Crippen molar-refractivity contribution in [1.29, 1.82) is 0 Å². The van der Waals surface area contributed by atoms with Gasteiger partial charge in [0.25, 0.3) is 5.91 Å². The molecule has 0 aromatic heterocycles. The Morgan fingerprint density at radius 3 is 2.16 bits per heavy atom. The van der Waals surface area contributed by atoms with E-state index in [0.717, 1.165) is 74.9 Å². The number of carbonyl (C=O) groups is 4. The maximum Gasteiger partial charge on any atom is 0.410 e. The SMILES string of the molecule is CC(C)(C)OC(=O)N1CCC(CC2CCN(CC3CCN(c4cccc5c4CN(C4CCC(=O)NC4=O)C5=O)CC3)CC2)CC1. The first-order valence-corrected chi connectivity index (χ1v) is 17.3. The van der Waals surface area contributed by atoms with Crippen LogP contribution in [-0.4, -0.2) is 96.0 Å². The molecule has 0 bridgehead atoms. The van der Waals surface area contributed by atoms with Gasteiger partial charge in [0.15, 0.2) is 0 Å². The van der Waals surface area contributed by atoms with Gasteiger partial charge >= 0.3 is 6.09 Å². The Kier molecular flexibility index (Phi) is 9.41. The van der Waals surface area contributed by atoms with Gasteiger partial charge in [0.1, 0.15) is 11.6 Å². The average molecular weight is 622 g/mol. The number of rotatable bonds is 6. The van der Waals surface area contributed by atoms with E-state index in [0.29, 0.717) is 24.4 Å². The van der Waals surface area contributed by atoms with Gasteiger partial charge in [0, 0.05) is 62.5 Å². The predicted molar refractivity (Wildman–Crippen MR) is 172 cm³/mol. The summed E-state index contributed by atoms with van der Waals surface area (Å²) in [6.07, 6.45) is 8.80. The molecule has 0 radical (unpaired) electrons. The number of likely N-dealkylation sites (tertiary alicyclic amines) is 2. The van der Waals surface area contributed by atoms with Crippen LogP contribution in [0.3, 0.4) is 0 Å². The number of hydrogen-bond acceptors (Lipinski definition) is 7. The van der Waals surface area contributed by atoms with Gasteiger partial charge in [-0.1, -0.05) is 6.07 Å². The van der Waals surface area contributed by atoms with Gasteiger partial charge in [-0.05, 0) is 115 Å². The second kappa shape index (κ2) is 13.3. The van der Waals surface area contributed by atoms with Crippen molar-refractivity contribution in [3.8, 4) is 0 Å². The van der Waals surface area contributed by atoms with E-state index >= 15 is 0 Å². The van der Waals surface area contributed by atoms with Crippen LogP contribution >= 0.6 is 0 Å². The molecular formula is C35H51N5O5. The molecule has 10 nitrogen and oxygen atoms in total. The van der Waals surface area contributed by atoms with E-state index in [1.165, 1.54) is 38.9 Å². The molecule has 5 heterocycles. The third-order valence-corrected chi connectivity index (χ3v) is 10.7. The molecule has 4 amide bonds. The van der Waals surface area contributed by atoms with E-state index in [9.17, 15) is 19.2 Å². The second-order valence-corrected chi connectivity index (χ2v) is 15.0. The van der Waals surface area contributed by atoms with Gasteiger partial charge in [-0.25, -0.2) is 4.79 Å². The Hall–Kier alpha value is -3.14. The summed E-state index contributed by atoms with van der Waals surface area (Å²) in [5.41, 5.74) is 2.39. The smallest absolute Gasteiger partial charge is 0.410 e. The standard InChI is InChI=1S/C35H51N5O5/c1-35(2,3)45-34(44)39-19-11-25(12-20-39)21-24-9-15-37(16-10-24)22-26-13-17-38(18-14-26)29-6-4-5-27-28(29)23-40(33(27)43)30-7-8-31(41)36-32(30)42/h4-6,24-26,30H,7-23H2,1-3H3,(H,36,41,42). The van der Waals surface area contributed by atoms with Gasteiger partial charge < -0.3 is 24.3 Å². The van der Waals surface area contributed by atoms with Crippen LogP contribution in [0.5, 0.6) is 0 Å². The fourth-order valence-electron chi connectivity index (χ4n) is 8.14. The molecule has 4 saturated heterocycles. The maximum absolute atomic E-state index is 13.3. The molecule has 1 aromatic rings. The quantitative estimate of drug-likeness (QED) is 0.470. The van der Waals surface area contributed by atoms with Crippen LogP contribution in [0, 0.1) is 17.8 Å². The van der Waals surface area contributed by atoms with E-state index in [-0.39, 0.29) is 30.2 Å². The van der Waals surface area contributed by atoms with Crippen LogP contribution in [0.1, 0.15) is 94.5 Å². The van der Waals surface area contributed by atoms with Crippen LogP contribution in [0.2, 0.25) is 0 Å². The lowest BCUT2D eigenvalue weighted by atomic mass is 9.82. The number of fused-ring (bicyclic) bond motifs is 1. The van der Waals surface area contributed by atoms with E-state index in [1.54, 1.807) is 4.90 Å². The summed E-state index contributed by atoms with van der Waals surface area (Å²) in [5, 5.41) is 2.40. The molecule has 45 heavy (non-hydrogen) atoms. The Morgan fingerprint density at radius 1 is 0.867 bits per heavy atom. The molecule has 246 valence electrons. The van der Waals surface area contributed by atoms with E-state index < -0.39 is 11.6 Å². The zero-order valence-corrected chi connectivity index (χ0v) is 27.4. The summed E-state index contributed by atoms with van der Waals surface area (Å²) >= 11 is 0. The third kappa shape index (κ3) is 7.47. The number of nitrogens with zero attached hydrogens (tertiary/aromatic N) is 4. The van der Waals surface area contributed by atoms with Crippen LogP contribution in [0.25, 0.3) is 0 Å². The minimum atomic E-state index is -0.581. The summed E-state index contributed by atoms with van der Waals surface area (Å²) in [5.74, 6) is 1.47. The van der Waals surface area contributed by atoms with Crippen LogP contribution < -0.4 is 10.2 Å². The first-order chi connectivity index (χ1) is 21.5. The van der Waals surface area contributed by atoms with Crippen LogP contribution in [0.15, 0.2) is 18.2 Å². The third-order valence-electron chi connectivity index (χ3n) is 10.7. The zero-order chi connectivity index (χ0) is 31.7. The van der Waals surface area contributed by atoms with Gasteiger partial charge in [-0.3, -0.25) is 19.7 Å². The van der Waals surface area contributed by atoms with E-state index in [4.69, 9.17) is 4.74 Å². The van der Waals surface area contributed by atoms with Crippen molar-refractivity contribution in [3.63, 3.8) is 0 Å². The first kappa shape index (κ1) is 31.8. The maximum atomic E-state index is 13.3. The van der Waals surface area contributed by atoms with Gasteiger partial charge in [-0.2, -0.15) is 0 Å². The van der Waals surface area contributed by atoms with Crippen molar-refractivity contribution in [2.75, 3.05) is 50.7 Å². The highest BCUT2D eigenvalue weighted by Crippen LogP contribution is 2.36. The molecule has 10 heteroatoms. The number of anilines is 1. The number of imide groups is 1. The number of carbonyl (C=O) groups excluding carboxylic acids is 4. The van der Waals surface area contributed by atoms with E-state index in [2.05, 4.69) is 21.2 Å². The first-order valence-electron chi connectivity index (χ1n) is 17.3. The monoisotopic (exact) mass is 621 g/mol. The lowest BCUT2D eigenvalue weighted by molar-refractivity contribution is -0.136. The molecular weight excluding hydrogens is 570 g/mol. The van der Waals surface area contributed by atoms with Crippen LogP contribution in [0.4, 0.5) is 10.5 Å². The lowest BCUT2D eigenvalue weighted by Gasteiger charge is -2.40. The fourth-order valence-corrected chi connectivity index (χ4v) is 8.14. The normalized spacial score (nSPS) is 24.6. The Morgan fingerprint density at radius 2 is 1.51 bits per heavy atom.